The van der Waals surface area contributed by atoms with Crippen molar-refractivity contribution in [3.8, 4) is 0 Å². The highest BCUT2D eigenvalue weighted by molar-refractivity contribution is 6.04. The van der Waals surface area contributed by atoms with Crippen LogP contribution in [-0.2, 0) is 4.79 Å². The Morgan fingerprint density at radius 3 is 2.27 bits per heavy atom. The molecule has 2 aliphatic rings. The van der Waals surface area contributed by atoms with E-state index >= 15 is 0 Å². The van der Waals surface area contributed by atoms with Crippen LogP contribution in [0.1, 0.15) is 32.1 Å². The summed E-state index contributed by atoms with van der Waals surface area (Å²) >= 11 is 0. The fraction of sp³-hybridized carbons (Fsp3) is 0.667. The van der Waals surface area contributed by atoms with Crippen molar-refractivity contribution >= 4 is 5.78 Å². The summed E-state index contributed by atoms with van der Waals surface area (Å²) in [6, 6.07) is 0. The maximum Gasteiger partial charge on any atom is 0.169 e. The summed E-state index contributed by atoms with van der Waals surface area (Å²) in [4.78, 5) is 11.3. The smallest absolute Gasteiger partial charge is 0.169 e. The molecule has 0 aromatic heterocycles. The van der Waals surface area contributed by atoms with E-state index in [0.717, 1.165) is 18.5 Å². The predicted molar refractivity (Wildman–Crippen MR) is 42.8 cm³/mol. The molecule has 2 heteroatoms. The van der Waals surface area contributed by atoms with Crippen molar-refractivity contribution in [3.63, 3.8) is 0 Å². The van der Waals surface area contributed by atoms with E-state index in [9.17, 15) is 4.79 Å². The first-order valence-electron chi connectivity index (χ1n) is 4.28. The number of hydrogen-bond donors (Lipinski definition) is 1. The van der Waals surface area contributed by atoms with Gasteiger partial charge < -0.3 is 5.73 Å². The molecular formula is C9H13NO. The summed E-state index contributed by atoms with van der Waals surface area (Å²) in [6.45, 7) is 0. The van der Waals surface area contributed by atoms with Gasteiger partial charge in [-0.2, -0.15) is 0 Å². The molecule has 1 fully saturated rings. The molecule has 0 amide bonds. The van der Waals surface area contributed by atoms with Crippen molar-refractivity contribution in [2.24, 2.45) is 11.1 Å². The van der Waals surface area contributed by atoms with Crippen molar-refractivity contribution in [2.75, 3.05) is 0 Å². The largest absolute Gasteiger partial charge is 0.401 e. The van der Waals surface area contributed by atoms with Crippen LogP contribution in [0.5, 0.6) is 0 Å². The molecule has 0 aromatic rings. The number of hydrogen-bond acceptors (Lipinski definition) is 2. The van der Waals surface area contributed by atoms with Crippen LogP contribution < -0.4 is 5.73 Å². The quantitative estimate of drug-likeness (QED) is 0.568. The van der Waals surface area contributed by atoms with Gasteiger partial charge in [0.05, 0.1) is 5.41 Å². The lowest BCUT2D eigenvalue weighted by atomic mass is 9.63. The molecule has 0 bridgehead atoms. The lowest BCUT2D eigenvalue weighted by Gasteiger charge is -2.41. The number of nitrogens with two attached hydrogens (primary N) is 1. The van der Waals surface area contributed by atoms with Gasteiger partial charge >= 0.3 is 0 Å². The van der Waals surface area contributed by atoms with Gasteiger partial charge in [0.15, 0.2) is 5.78 Å². The van der Waals surface area contributed by atoms with Crippen LogP contribution in [0, 0.1) is 5.41 Å². The summed E-state index contributed by atoms with van der Waals surface area (Å²) in [5.41, 5.74) is 6.37. The van der Waals surface area contributed by atoms with E-state index in [1.807, 2.05) is 0 Å². The lowest BCUT2D eigenvalue weighted by molar-refractivity contribution is -0.126. The Labute approximate surface area is 66.5 Å². The van der Waals surface area contributed by atoms with Gasteiger partial charge in [-0.1, -0.05) is 19.3 Å². The number of ketones is 1. The molecule has 0 atom stereocenters. The molecule has 1 spiro atoms. The Hall–Kier alpha value is -0.790. The van der Waals surface area contributed by atoms with E-state index in [2.05, 4.69) is 0 Å². The predicted octanol–water partition coefficient (Wildman–Crippen LogP) is 1.36. The second kappa shape index (κ2) is 2.10. The molecule has 11 heavy (non-hydrogen) atoms. The van der Waals surface area contributed by atoms with Crippen molar-refractivity contribution in [2.45, 2.75) is 32.1 Å². The first-order chi connectivity index (χ1) is 5.26. The average Bonchev–Trinajstić information content (AvgIpc) is 2.07. The Balaban J connectivity index is 2.22. The van der Waals surface area contributed by atoms with E-state index in [1.54, 1.807) is 6.08 Å². The van der Waals surface area contributed by atoms with Crippen molar-refractivity contribution < 1.29 is 4.79 Å². The van der Waals surface area contributed by atoms with Crippen LogP contribution >= 0.6 is 0 Å². The Bertz CT molecular complexity index is 224. The van der Waals surface area contributed by atoms with Gasteiger partial charge in [0.1, 0.15) is 0 Å². The molecule has 0 aromatic carbocycles. The Morgan fingerprint density at radius 2 is 1.91 bits per heavy atom. The van der Waals surface area contributed by atoms with Gasteiger partial charge in [0, 0.05) is 11.8 Å². The minimum atomic E-state index is -0.182. The molecule has 2 nitrogen and oxygen atoms in total. The molecule has 2 N–H and O–H groups in total. The summed E-state index contributed by atoms with van der Waals surface area (Å²) in [6.07, 6.45) is 7.18. The summed E-state index contributed by atoms with van der Waals surface area (Å²) < 4.78 is 0. The molecular weight excluding hydrogens is 138 g/mol. The third-order valence-electron chi connectivity index (χ3n) is 3.02. The van der Waals surface area contributed by atoms with E-state index in [1.165, 1.54) is 19.3 Å². The zero-order chi connectivity index (χ0) is 7.90. The van der Waals surface area contributed by atoms with Crippen molar-refractivity contribution in [3.05, 3.63) is 11.8 Å². The summed E-state index contributed by atoms with van der Waals surface area (Å²) in [5, 5.41) is 0. The van der Waals surface area contributed by atoms with Crippen molar-refractivity contribution in [1.82, 2.24) is 0 Å². The second-order valence-electron chi connectivity index (χ2n) is 3.61. The zero-order valence-electron chi connectivity index (χ0n) is 6.60. The van der Waals surface area contributed by atoms with Crippen molar-refractivity contribution in [1.29, 1.82) is 0 Å². The van der Waals surface area contributed by atoms with Gasteiger partial charge in [0.2, 0.25) is 0 Å². The van der Waals surface area contributed by atoms with E-state index in [4.69, 9.17) is 5.73 Å². The van der Waals surface area contributed by atoms with Crippen LogP contribution in [-0.4, -0.2) is 5.78 Å². The van der Waals surface area contributed by atoms with E-state index in [-0.39, 0.29) is 11.2 Å². The Morgan fingerprint density at radius 1 is 1.27 bits per heavy atom. The fourth-order valence-corrected chi connectivity index (χ4v) is 2.17. The van der Waals surface area contributed by atoms with Crippen LogP contribution in [0.3, 0.4) is 0 Å². The van der Waals surface area contributed by atoms with Gasteiger partial charge in [0.25, 0.3) is 0 Å². The third kappa shape index (κ3) is 0.753. The Kier molecular flexibility index (Phi) is 1.31. The maximum absolute atomic E-state index is 11.3. The normalized spacial score (nSPS) is 28.0. The SMILES string of the molecule is NC1=CC(=O)C12CCCCC2. The third-order valence-corrected chi connectivity index (χ3v) is 3.02. The zero-order valence-corrected chi connectivity index (χ0v) is 6.60. The van der Waals surface area contributed by atoms with Gasteiger partial charge in [-0.25, -0.2) is 0 Å². The van der Waals surface area contributed by atoms with Gasteiger partial charge in [-0.15, -0.1) is 0 Å². The first kappa shape index (κ1) is 6.89. The lowest BCUT2D eigenvalue weighted by Crippen LogP contribution is -2.45. The monoisotopic (exact) mass is 151 g/mol. The number of carbonyl (C=O) groups excluding carboxylic acids is 1. The molecule has 0 radical (unpaired) electrons. The van der Waals surface area contributed by atoms with Gasteiger partial charge in [-0.3, -0.25) is 4.79 Å². The highest BCUT2D eigenvalue weighted by atomic mass is 16.1. The number of allylic oxidation sites excluding steroid dienone is 2. The molecule has 1 saturated carbocycles. The maximum atomic E-state index is 11.3. The van der Waals surface area contributed by atoms with Crippen LogP contribution in [0.15, 0.2) is 11.8 Å². The molecule has 0 aliphatic heterocycles. The van der Waals surface area contributed by atoms with E-state index in [0.29, 0.717) is 0 Å². The molecule has 2 rings (SSSR count). The topological polar surface area (TPSA) is 43.1 Å². The van der Waals surface area contributed by atoms with E-state index < -0.39 is 0 Å². The minimum Gasteiger partial charge on any atom is -0.401 e. The average molecular weight is 151 g/mol. The van der Waals surface area contributed by atoms with Crippen LogP contribution in [0.4, 0.5) is 0 Å². The number of rotatable bonds is 0. The minimum absolute atomic E-state index is 0.182. The van der Waals surface area contributed by atoms with Gasteiger partial charge in [-0.05, 0) is 12.8 Å². The summed E-state index contributed by atoms with van der Waals surface area (Å²) in [7, 11) is 0. The second-order valence-corrected chi connectivity index (χ2v) is 3.61. The summed E-state index contributed by atoms with van der Waals surface area (Å²) in [5.74, 6) is 0.273. The fourth-order valence-electron chi connectivity index (χ4n) is 2.17. The van der Waals surface area contributed by atoms with Crippen LogP contribution in [0.2, 0.25) is 0 Å². The first-order valence-corrected chi connectivity index (χ1v) is 4.28. The van der Waals surface area contributed by atoms with Crippen LogP contribution in [0.25, 0.3) is 0 Å². The highest BCUT2D eigenvalue weighted by Crippen LogP contribution is 2.46. The molecule has 2 aliphatic carbocycles. The molecule has 0 heterocycles. The molecule has 60 valence electrons. The standard InChI is InChI=1S/C9H13NO/c10-7-6-8(11)9(7)4-2-1-3-5-9/h6H,1-5,10H2. The molecule has 0 unspecified atom stereocenters. The highest BCUT2D eigenvalue weighted by Gasteiger charge is 2.46. The number of carbonyl (C=O) groups is 1. The molecule has 0 saturated heterocycles.